The van der Waals surface area contributed by atoms with Gasteiger partial charge in [0.15, 0.2) is 12.9 Å². The molecule has 0 saturated carbocycles. The minimum absolute atomic E-state index is 0.0992. The van der Waals surface area contributed by atoms with Crippen molar-refractivity contribution >= 4 is 25.7 Å². The van der Waals surface area contributed by atoms with E-state index < -0.39 is 44.2 Å². The molecule has 1 heterocycles. The number of nitrogens with zero attached hydrogens (tertiary/aromatic N) is 1. The summed E-state index contributed by atoms with van der Waals surface area (Å²) in [7, 11) is -4.96. The Hall–Kier alpha value is -4.26. The Morgan fingerprint density at radius 2 is 1.49 bits per heavy atom. The van der Waals surface area contributed by atoms with Gasteiger partial charge < -0.3 is 40.1 Å². The lowest BCUT2D eigenvalue weighted by Gasteiger charge is -2.38. The van der Waals surface area contributed by atoms with Crippen LogP contribution >= 0.6 is 7.82 Å². The zero-order valence-electron chi connectivity index (χ0n) is 31.1. The second-order valence-electron chi connectivity index (χ2n) is 13.8. The lowest BCUT2D eigenvalue weighted by molar-refractivity contribution is -0.140. The van der Waals surface area contributed by atoms with E-state index in [1.165, 1.54) is 6.92 Å². The second-order valence-corrected chi connectivity index (χ2v) is 15.0. The van der Waals surface area contributed by atoms with Gasteiger partial charge in [0.1, 0.15) is 11.8 Å². The van der Waals surface area contributed by atoms with E-state index in [1.807, 2.05) is 107 Å². The maximum Gasteiger partial charge on any atom is 0.471 e. The van der Waals surface area contributed by atoms with E-state index in [1.54, 1.807) is 4.90 Å². The molecule has 1 aliphatic rings. The van der Waals surface area contributed by atoms with Crippen LogP contribution in [0.15, 0.2) is 78.9 Å². The SMILES string of the molecule is Cc1cccc(C)c1OCC(=O)NC(Cc1ccccc1)[C@H](C[C@@H](Cc1ccccc1)NC(=O)[C@H](C(C)C)N1CCCNC1=O)OC(C)OP(=O)(O)O. The van der Waals surface area contributed by atoms with Crippen molar-refractivity contribution in [2.45, 2.75) is 90.8 Å². The van der Waals surface area contributed by atoms with Crippen molar-refractivity contribution in [1.29, 1.82) is 0 Å². The molecule has 13 nitrogen and oxygen atoms in total. The summed E-state index contributed by atoms with van der Waals surface area (Å²) < 4.78 is 29.0. The molecular weight excluding hydrogens is 699 g/mol. The van der Waals surface area contributed by atoms with Crippen LogP contribution < -0.4 is 20.7 Å². The molecule has 288 valence electrons. The molecule has 1 saturated heterocycles. The first-order valence-corrected chi connectivity index (χ1v) is 19.5. The highest BCUT2D eigenvalue weighted by molar-refractivity contribution is 7.46. The number of hydrogen-bond acceptors (Lipinski definition) is 7. The Bertz CT molecular complexity index is 1670. The molecule has 5 atom stereocenters. The van der Waals surface area contributed by atoms with E-state index in [2.05, 4.69) is 16.0 Å². The van der Waals surface area contributed by atoms with Crippen molar-refractivity contribution < 1.29 is 42.7 Å². The zero-order chi connectivity index (χ0) is 38.5. The third-order valence-corrected chi connectivity index (χ3v) is 9.61. The summed E-state index contributed by atoms with van der Waals surface area (Å²) in [4.78, 5) is 61.4. The Kier molecular flexibility index (Phi) is 15.4. The molecule has 2 unspecified atom stereocenters. The molecule has 1 fully saturated rings. The molecule has 3 aromatic carbocycles. The number of nitrogens with one attached hydrogen (secondary N) is 3. The molecule has 0 radical (unpaired) electrons. The van der Waals surface area contributed by atoms with E-state index in [9.17, 15) is 28.7 Å². The van der Waals surface area contributed by atoms with Gasteiger partial charge in [-0.3, -0.25) is 14.1 Å². The van der Waals surface area contributed by atoms with E-state index >= 15 is 0 Å². The molecular formula is C39H53N4O9P. The summed E-state index contributed by atoms with van der Waals surface area (Å²) in [5.41, 5.74) is 3.54. The first kappa shape index (κ1) is 41.5. The molecule has 0 aliphatic carbocycles. The maximum absolute atomic E-state index is 14.1. The van der Waals surface area contributed by atoms with Gasteiger partial charge in [-0.15, -0.1) is 0 Å². The van der Waals surface area contributed by atoms with Gasteiger partial charge in [0.25, 0.3) is 5.91 Å². The maximum atomic E-state index is 14.1. The van der Waals surface area contributed by atoms with Gasteiger partial charge in [0.2, 0.25) is 5.91 Å². The molecule has 1 aliphatic heterocycles. The van der Waals surface area contributed by atoms with Crippen LogP contribution in [0.3, 0.4) is 0 Å². The minimum atomic E-state index is -4.96. The van der Waals surface area contributed by atoms with Crippen LogP contribution in [0.5, 0.6) is 5.75 Å². The summed E-state index contributed by atoms with van der Waals surface area (Å²) in [6, 6.07) is 22.2. The average molecular weight is 753 g/mol. The van der Waals surface area contributed by atoms with E-state index in [4.69, 9.17) is 14.0 Å². The number of para-hydroxylation sites is 1. The third kappa shape index (κ3) is 13.3. The quantitative estimate of drug-likeness (QED) is 0.0851. The number of phosphoric ester groups is 1. The van der Waals surface area contributed by atoms with Crippen LogP contribution in [-0.2, 0) is 36.3 Å². The van der Waals surface area contributed by atoms with Crippen molar-refractivity contribution in [2.75, 3.05) is 19.7 Å². The number of urea groups is 1. The van der Waals surface area contributed by atoms with Crippen molar-refractivity contribution in [3.63, 3.8) is 0 Å². The highest BCUT2D eigenvalue weighted by Gasteiger charge is 2.37. The highest BCUT2D eigenvalue weighted by atomic mass is 31.2. The van der Waals surface area contributed by atoms with Crippen LogP contribution in [0, 0.1) is 19.8 Å². The van der Waals surface area contributed by atoms with Gasteiger partial charge in [0.05, 0.1) is 12.1 Å². The fraction of sp³-hybridized carbons (Fsp3) is 0.462. The van der Waals surface area contributed by atoms with Crippen LogP contribution in [0.2, 0.25) is 0 Å². The molecule has 14 heteroatoms. The molecule has 0 spiro atoms. The lowest BCUT2D eigenvalue weighted by Crippen LogP contribution is -2.59. The number of aryl methyl sites for hydroxylation is 2. The van der Waals surface area contributed by atoms with Crippen molar-refractivity contribution in [3.8, 4) is 5.75 Å². The fourth-order valence-electron chi connectivity index (χ4n) is 6.71. The normalized spacial score (nSPS) is 16.2. The van der Waals surface area contributed by atoms with Crippen LogP contribution in [0.1, 0.15) is 55.9 Å². The molecule has 53 heavy (non-hydrogen) atoms. The summed E-state index contributed by atoms with van der Waals surface area (Å²) in [5.74, 6) is -0.388. The van der Waals surface area contributed by atoms with Crippen LogP contribution in [-0.4, -0.2) is 82.7 Å². The summed E-state index contributed by atoms with van der Waals surface area (Å²) in [5, 5.41) is 9.06. The summed E-state index contributed by atoms with van der Waals surface area (Å²) in [6.45, 7) is 9.61. The number of benzene rings is 3. The van der Waals surface area contributed by atoms with Crippen molar-refractivity contribution in [1.82, 2.24) is 20.9 Å². The van der Waals surface area contributed by atoms with Gasteiger partial charge in [0, 0.05) is 19.1 Å². The Morgan fingerprint density at radius 1 is 0.887 bits per heavy atom. The predicted molar refractivity (Wildman–Crippen MR) is 201 cm³/mol. The van der Waals surface area contributed by atoms with Crippen LogP contribution in [0.25, 0.3) is 0 Å². The minimum Gasteiger partial charge on any atom is -0.483 e. The van der Waals surface area contributed by atoms with Gasteiger partial charge >= 0.3 is 13.9 Å². The van der Waals surface area contributed by atoms with Gasteiger partial charge in [-0.1, -0.05) is 92.7 Å². The first-order valence-electron chi connectivity index (χ1n) is 18.0. The Morgan fingerprint density at radius 3 is 2.06 bits per heavy atom. The zero-order valence-corrected chi connectivity index (χ0v) is 32.0. The van der Waals surface area contributed by atoms with E-state index in [0.29, 0.717) is 31.7 Å². The van der Waals surface area contributed by atoms with Gasteiger partial charge in [-0.2, -0.15) is 0 Å². The standard InChI is InChI=1S/C39H53N4O9P/c1-26(2)36(43-21-13-20-40-39(43)46)38(45)41-32(22-30-16-8-6-9-17-30)24-34(51-29(5)52-53(47,48)49)33(23-31-18-10-7-11-19-31)42-35(44)25-50-37-27(3)14-12-15-28(37)4/h6-12,14-19,26,29,32-34,36H,13,20-25H2,1-5H3,(H,40,46)(H,41,45)(H,42,44)(H2,47,48,49)/t29?,32-,33?,34+,36+/m1/s1. The van der Waals surface area contributed by atoms with E-state index in [0.717, 1.165) is 22.3 Å². The van der Waals surface area contributed by atoms with Crippen molar-refractivity contribution in [2.24, 2.45) is 5.92 Å². The first-order chi connectivity index (χ1) is 25.2. The second kappa shape index (κ2) is 19.7. The number of amides is 4. The third-order valence-electron chi connectivity index (χ3n) is 9.04. The number of hydrogen-bond donors (Lipinski definition) is 5. The monoisotopic (exact) mass is 752 g/mol. The average Bonchev–Trinajstić information content (AvgIpc) is 3.08. The van der Waals surface area contributed by atoms with Crippen LogP contribution in [0.4, 0.5) is 4.79 Å². The summed E-state index contributed by atoms with van der Waals surface area (Å²) >= 11 is 0. The molecule has 4 rings (SSSR count). The molecule has 4 amide bonds. The topological polar surface area (TPSA) is 176 Å². The molecule has 0 aromatic heterocycles. The number of carbonyl (C=O) groups excluding carboxylic acids is 3. The van der Waals surface area contributed by atoms with E-state index in [-0.39, 0.29) is 37.3 Å². The number of ether oxygens (including phenoxy) is 2. The smallest absolute Gasteiger partial charge is 0.471 e. The van der Waals surface area contributed by atoms with Gasteiger partial charge in [-0.05, 0) is 74.6 Å². The Labute approximate surface area is 312 Å². The van der Waals surface area contributed by atoms with Crippen molar-refractivity contribution in [3.05, 3.63) is 101 Å². The molecule has 0 bridgehead atoms. The Balaban J connectivity index is 1.68. The summed E-state index contributed by atoms with van der Waals surface area (Å²) in [6.07, 6.45) is -0.892. The lowest BCUT2D eigenvalue weighted by atomic mass is 9.92. The number of carbonyl (C=O) groups is 3. The number of rotatable bonds is 19. The predicted octanol–water partition coefficient (Wildman–Crippen LogP) is 4.81. The highest BCUT2D eigenvalue weighted by Crippen LogP contribution is 2.38. The largest absolute Gasteiger partial charge is 0.483 e. The molecule has 3 aromatic rings. The fourth-order valence-corrected chi connectivity index (χ4v) is 7.15. The number of phosphoric acid groups is 1. The van der Waals surface area contributed by atoms with Gasteiger partial charge in [-0.25, -0.2) is 9.36 Å². The molecule has 5 N–H and O–H groups in total.